The number of amides is 2. The number of rotatable bonds is 8. The summed E-state index contributed by atoms with van der Waals surface area (Å²) < 4.78 is 5.71. The molecule has 0 saturated heterocycles. The number of hydrogen-bond donors (Lipinski definition) is 3. The second-order valence-corrected chi connectivity index (χ2v) is 5.40. The lowest BCUT2D eigenvalue weighted by Crippen LogP contribution is -2.44. The Labute approximate surface area is 141 Å². The number of aromatic nitrogens is 2. The molecule has 1 unspecified atom stereocenters. The molecule has 24 heavy (non-hydrogen) atoms. The Hall–Kier alpha value is -2.83. The van der Waals surface area contributed by atoms with Crippen molar-refractivity contribution in [2.24, 2.45) is 0 Å². The number of nitrogens with zero attached hydrogens (tertiary/aromatic N) is 2. The van der Waals surface area contributed by atoms with Crippen LogP contribution in [-0.4, -0.2) is 41.7 Å². The van der Waals surface area contributed by atoms with E-state index in [1.54, 1.807) is 18.6 Å². The van der Waals surface area contributed by atoms with Gasteiger partial charge in [-0.05, 0) is 25.5 Å². The first-order chi connectivity index (χ1) is 11.6. The van der Waals surface area contributed by atoms with Gasteiger partial charge in [-0.3, -0.25) is 4.98 Å². The summed E-state index contributed by atoms with van der Waals surface area (Å²) in [7, 11) is 0. The summed E-state index contributed by atoms with van der Waals surface area (Å²) in [6.07, 6.45) is 4.85. The Morgan fingerprint density at radius 3 is 2.83 bits per heavy atom. The molecule has 0 aliphatic carbocycles. The SMILES string of the molecule is Cc1ccccc1OCC(C)NC(=O)NCCNc1cnccn1. The maximum Gasteiger partial charge on any atom is 0.315 e. The molecule has 0 bridgehead atoms. The van der Waals surface area contributed by atoms with Crippen LogP contribution in [-0.2, 0) is 0 Å². The van der Waals surface area contributed by atoms with Crippen molar-refractivity contribution in [1.29, 1.82) is 0 Å². The van der Waals surface area contributed by atoms with E-state index in [0.717, 1.165) is 11.3 Å². The zero-order chi connectivity index (χ0) is 17.2. The van der Waals surface area contributed by atoms with E-state index in [1.807, 2.05) is 38.1 Å². The van der Waals surface area contributed by atoms with Crippen molar-refractivity contribution >= 4 is 11.8 Å². The molecule has 7 nitrogen and oxygen atoms in total. The number of carbonyl (C=O) groups is 1. The van der Waals surface area contributed by atoms with E-state index in [1.165, 1.54) is 0 Å². The summed E-state index contributed by atoms with van der Waals surface area (Å²) in [4.78, 5) is 19.8. The van der Waals surface area contributed by atoms with Gasteiger partial charge in [0.15, 0.2) is 0 Å². The fraction of sp³-hybridized carbons (Fsp3) is 0.353. The molecule has 2 rings (SSSR count). The van der Waals surface area contributed by atoms with Gasteiger partial charge in [0.2, 0.25) is 0 Å². The number of hydrogen-bond acceptors (Lipinski definition) is 5. The Bertz CT molecular complexity index is 636. The zero-order valence-electron chi connectivity index (χ0n) is 14.0. The minimum atomic E-state index is -0.225. The molecule has 0 radical (unpaired) electrons. The summed E-state index contributed by atoms with van der Waals surface area (Å²) in [5.74, 6) is 1.51. The monoisotopic (exact) mass is 329 g/mol. The number of para-hydroxylation sites is 1. The fourth-order valence-electron chi connectivity index (χ4n) is 2.01. The molecule has 1 heterocycles. The van der Waals surface area contributed by atoms with Gasteiger partial charge in [0.25, 0.3) is 0 Å². The first-order valence-corrected chi connectivity index (χ1v) is 7.88. The molecule has 7 heteroatoms. The number of benzene rings is 1. The molecule has 2 aromatic rings. The van der Waals surface area contributed by atoms with E-state index in [0.29, 0.717) is 25.5 Å². The van der Waals surface area contributed by atoms with Gasteiger partial charge < -0.3 is 20.7 Å². The van der Waals surface area contributed by atoms with Gasteiger partial charge in [-0.15, -0.1) is 0 Å². The average Bonchev–Trinajstić information content (AvgIpc) is 2.59. The van der Waals surface area contributed by atoms with Crippen molar-refractivity contribution < 1.29 is 9.53 Å². The molecule has 0 aliphatic rings. The van der Waals surface area contributed by atoms with E-state index in [9.17, 15) is 4.79 Å². The lowest BCUT2D eigenvalue weighted by atomic mass is 10.2. The zero-order valence-corrected chi connectivity index (χ0v) is 14.0. The predicted molar refractivity (Wildman–Crippen MR) is 93.2 cm³/mol. The molecule has 1 aromatic heterocycles. The largest absolute Gasteiger partial charge is 0.491 e. The second-order valence-electron chi connectivity index (χ2n) is 5.40. The van der Waals surface area contributed by atoms with Crippen molar-refractivity contribution in [1.82, 2.24) is 20.6 Å². The number of aryl methyl sites for hydroxylation is 1. The topological polar surface area (TPSA) is 88.2 Å². The summed E-state index contributed by atoms with van der Waals surface area (Å²) in [5, 5.41) is 8.68. The van der Waals surface area contributed by atoms with Crippen LogP contribution in [0.1, 0.15) is 12.5 Å². The van der Waals surface area contributed by atoms with Crippen LogP contribution in [0.25, 0.3) is 0 Å². The molecule has 0 aliphatic heterocycles. The summed E-state index contributed by atoms with van der Waals surface area (Å²) in [6.45, 7) is 5.35. The van der Waals surface area contributed by atoms with Crippen molar-refractivity contribution in [3.05, 3.63) is 48.4 Å². The van der Waals surface area contributed by atoms with Crippen LogP contribution in [0.5, 0.6) is 5.75 Å². The van der Waals surface area contributed by atoms with E-state index >= 15 is 0 Å². The maximum atomic E-state index is 11.8. The van der Waals surface area contributed by atoms with Crippen LogP contribution < -0.4 is 20.7 Å². The van der Waals surface area contributed by atoms with Crippen LogP contribution in [0.4, 0.5) is 10.6 Å². The number of urea groups is 1. The second kappa shape index (κ2) is 9.34. The minimum absolute atomic E-state index is 0.0995. The van der Waals surface area contributed by atoms with Crippen LogP contribution >= 0.6 is 0 Å². The van der Waals surface area contributed by atoms with Gasteiger partial charge in [0, 0.05) is 25.5 Å². The summed E-state index contributed by atoms with van der Waals surface area (Å²) in [5.41, 5.74) is 1.07. The van der Waals surface area contributed by atoms with Crippen LogP contribution in [0, 0.1) is 6.92 Å². The third-order valence-corrected chi connectivity index (χ3v) is 3.24. The quantitative estimate of drug-likeness (QED) is 0.644. The van der Waals surface area contributed by atoms with Crippen molar-refractivity contribution in [3.8, 4) is 5.75 Å². The number of carbonyl (C=O) groups excluding carboxylic acids is 1. The number of anilines is 1. The van der Waals surface area contributed by atoms with E-state index < -0.39 is 0 Å². The normalized spacial score (nSPS) is 11.4. The molecule has 1 atom stereocenters. The third-order valence-electron chi connectivity index (χ3n) is 3.24. The van der Waals surface area contributed by atoms with E-state index in [2.05, 4.69) is 25.9 Å². The molecule has 2 amide bonds. The van der Waals surface area contributed by atoms with Gasteiger partial charge >= 0.3 is 6.03 Å². The first-order valence-electron chi connectivity index (χ1n) is 7.88. The molecule has 0 spiro atoms. The Kier molecular flexibility index (Phi) is 6.82. The van der Waals surface area contributed by atoms with Crippen molar-refractivity contribution in [3.63, 3.8) is 0 Å². The molecule has 128 valence electrons. The van der Waals surface area contributed by atoms with Crippen LogP contribution in [0.15, 0.2) is 42.9 Å². The number of ether oxygens (including phenoxy) is 1. The molecular weight excluding hydrogens is 306 g/mol. The maximum absolute atomic E-state index is 11.8. The first kappa shape index (κ1) is 17.5. The van der Waals surface area contributed by atoms with Gasteiger partial charge in [-0.2, -0.15) is 0 Å². The van der Waals surface area contributed by atoms with E-state index in [-0.39, 0.29) is 12.1 Å². The summed E-state index contributed by atoms with van der Waals surface area (Å²) >= 11 is 0. The smallest absolute Gasteiger partial charge is 0.315 e. The Morgan fingerprint density at radius 2 is 2.08 bits per heavy atom. The summed E-state index contributed by atoms with van der Waals surface area (Å²) in [6, 6.07) is 7.48. The highest BCUT2D eigenvalue weighted by Gasteiger charge is 2.08. The standard InChI is InChI=1S/C17H23N5O2/c1-13-5-3-4-6-15(13)24-12-14(2)22-17(23)21-10-9-20-16-11-18-7-8-19-16/h3-8,11,14H,9-10,12H2,1-2H3,(H,19,20)(H2,21,22,23). The van der Waals surface area contributed by atoms with Crippen LogP contribution in [0.2, 0.25) is 0 Å². The highest BCUT2D eigenvalue weighted by molar-refractivity contribution is 5.74. The van der Waals surface area contributed by atoms with Gasteiger partial charge in [-0.25, -0.2) is 9.78 Å². The molecule has 3 N–H and O–H groups in total. The van der Waals surface area contributed by atoms with Gasteiger partial charge in [0.1, 0.15) is 18.2 Å². The van der Waals surface area contributed by atoms with Gasteiger partial charge in [-0.1, -0.05) is 18.2 Å². The highest BCUT2D eigenvalue weighted by atomic mass is 16.5. The third kappa shape index (κ3) is 6.12. The lowest BCUT2D eigenvalue weighted by Gasteiger charge is -2.16. The van der Waals surface area contributed by atoms with E-state index in [4.69, 9.17) is 4.74 Å². The van der Waals surface area contributed by atoms with Gasteiger partial charge in [0.05, 0.1) is 12.2 Å². The molecule has 0 saturated carbocycles. The lowest BCUT2D eigenvalue weighted by molar-refractivity contribution is 0.226. The minimum Gasteiger partial charge on any atom is -0.491 e. The Morgan fingerprint density at radius 1 is 1.25 bits per heavy atom. The fourth-order valence-corrected chi connectivity index (χ4v) is 2.01. The highest BCUT2D eigenvalue weighted by Crippen LogP contribution is 2.16. The Balaban J connectivity index is 1.60. The predicted octanol–water partition coefficient (Wildman–Crippen LogP) is 1.96. The molecule has 1 aromatic carbocycles. The molecular formula is C17H23N5O2. The number of nitrogens with one attached hydrogen (secondary N) is 3. The van der Waals surface area contributed by atoms with Crippen molar-refractivity contribution in [2.75, 3.05) is 25.0 Å². The molecule has 0 fully saturated rings. The average molecular weight is 329 g/mol. The van der Waals surface area contributed by atoms with Crippen molar-refractivity contribution in [2.45, 2.75) is 19.9 Å². The van der Waals surface area contributed by atoms with Crippen LogP contribution in [0.3, 0.4) is 0 Å².